The molecule has 1 saturated carbocycles. The average Bonchev–Trinajstić information content (AvgIpc) is 3.51. The minimum atomic E-state index is -1.15. The summed E-state index contributed by atoms with van der Waals surface area (Å²) in [5.74, 6) is 0.336. The van der Waals surface area contributed by atoms with E-state index in [1.807, 2.05) is 24.3 Å². The molecule has 1 aliphatic carbocycles. The Morgan fingerprint density at radius 3 is 2.21 bits per heavy atom. The van der Waals surface area contributed by atoms with Crippen LogP contribution in [0.3, 0.4) is 0 Å². The Morgan fingerprint density at radius 2 is 1.62 bits per heavy atom. The molecule has 0 radical (unpaired) electrons. The molecule has 0 bridgehead atoms. The van der Waals surface area contributed by atoms with Crippen molar-refractivity contribution in [3.05, 3.63) is 53.1 Å². The lowest BCUT2D eigenvalue weighted by Gasteiger charge is -2.35. The summed E-state index contributed by atoms with van der Waals surface area (Å²) < 4.78 is 5.40. The van der Waals surface area contributed by atoms with Crippen molar-refractivity contribution in [2.75, 3.05) is 33.3 Å². The van der Waals surface area contributed by atoms with Crippen molar-refractivity contribution >= 4 is 23.4 Å². The van der Waals surface area contributed by atoms with Crippen LogP contribution >= 0.6 is 11.6 Å². The second-order valence-electron chi connectivity index (χ2n) is 7.51. The molecule has 7 heteroatoms. The maximum absolute atomic E-state index is 12.8. The Morgan fingerprint density at radius 1 is 1.00 bits per heavy atom. The summed E-state index contributed by atoms with van der Waals surface area (Å²) >= 11 is 6.20. The first-order valence-electron chi connectivity index (χ1n) is 9.67. The van der Waals surface area contributed by atoms with Crippen LogP contribution in [0.4, 0.5) is 0 Å². The number of methoxy groups -OCH3 is 1. The number of benzene rings is 2. The van der Waals surface area contributed by atoms with E-state index in [0.29, 0.717) is 55.4 Å². The van der Waals surface area contributed by atoms with Gasteiger partial charge < -0.3 is 19.6 Å². The summed E-state index contributed by atoms with van der Waals surface area (Å²) in [6.45, 7) is 1.82. The molecule has 2 aromatic rings. The van der Waals surface area contributed by atoms with Crippen molar-refractivity contribution in [2.24, 2.45) is 0 Å². The van der Waals surface area contributed by atoms with E-state index in [9.17, 15) is 14.7 Å². The zero-order valence-electron chi connectivity index (χ0n) is 16.2. The van der Waals surface area contributed by atoms with Gasteiger partial charge in [0.05, 0.1) is 12.1 Å². The molecule has 1 heterocycles. The van der Waals surface area contributed by atoms with E-state index in [0.717, 1.165) is 11.1 Å². The number of carbonyl (C=O) groups excluding carboxylic acids is 2. The molecule has 4 rings (SSSR count). The third-order valence-corrected chi connectivity index (χ3v) is 5.89. The smallest absolute Gasteiger partial charge is 0.254 e. The third-order valence-electron chi connectivity index (χ3n) is 5.59. The molecule has 0 unspecified atom stereocenters. The molecule has 6 nitrogen and oxygen atoms in total. The Bertz CT molecular complexity index is 932. The number of aliphatic hydroxyl groups is 1. The number of rotatable bonds is 4. The zero-order chi connectivity index (χ0) is 20.6. The van der Waals surface area contributed by atoms with Gasteiger partial charge in [0, 0.05) is 37.3 Å². The van der Waals surface area contributed by atoms with Crippen LogP contribution in [0.5, 0.6) is 5.75 Å². The number of para-hydroxylation sites is 1. The summed E-state index contributed by atoms with van der Waals surface area (Å²) in [5, 5.41) is 10.5. The Labute approximate surface area is 174 Å². The van der Waals surface area contributed by atoms with Gasteiger partial charge in [0.1, 0.15) is 11.4 Å². The van der Waals surface area contributed by atoms with Crippen LogP contribution in [0.25, 0.3) is 11.1 Å². The van der Waals surface area contributed by atoms with Gasteiger partial charge in [-0.05, 0) is 36.6 Å². The summed E-state index contributed by atoms with van der Waals surface area (Å²) in [6.07, 6.45) is 1.07. The van der Waals surface area contributed by atoms with Crippen molar-refractivity contribution in [3.8, 4) is 16.9 Å². The van der Waals surface area contributed by atoms with Gasteiger partial charge in [0.25, 0.3) is 11.8 Å². The van der Waals surface area contributed by atoms with Gasteiger partial charge in [-0.2, -0.15) is 0 Å². The number of hydrogen-bond donors (Lipinski definition) is 1. The molecule has 2 fully saturated rings. The molecule has 1 aliphatic heterocycles. The van der Waals surface area contributed by atoms with E-state index in [1.165, 1.54) is 0 Å². The van der Waals surface area contributed by atoms with E-state index in [2.05, 4.69) is 0 Å². The number of hydrogen-bond acceptors (Lipinski definition) is 4. The summed E-state index contributed by atoms with van der Waals surface area (Å²) in [7, 11) is 1.58. The molecule has 0 spiro atoms. The van der Waals surface area contributed by atoms with Crippen molar-refractivity contribution in [1.82, 2.24) is 9.80 Å². The molecule has 1 saturated heterocycles. The predicted molar refractivity (Wildman–Crippen MR) is 110 cm³/mol. The molecule has 152 valence electrons. The minimum Gasteiger partial charge on any atom is -0.495 e. The summed E-state index contributed by atoms with van der Waals surface area (Å²) in [4.78, 5) is 28.5. The number of nitrogens with zero attached hydrogens (tertiary/aromatic N) is 2. The monoisotopic (exact) mass is 414 g/mol. The molecule has 2 amide bonds. The van der Waals surface area contributed by atoms with Gasteiger partial charge in [-0.1, -0.05) is 35.9 Å². The fourth-order valence-corrected chi connectivity index (χ4v) is 3.91. The van der Waals surface area contributed by atoms with Gasteiger partial charge in [-0.25, -0.2) is 0 Å². The molecular formula is C22H23ClN2O4. The van der Waals surface area contributed by atoms with E-state index in [-0.39, 0.29) is 11.8 Å². The highest BCUT2D eigenvalue weighted by Gasteiger charge is 2.50. The van der Waals surface area contributed by atoms with Crippen molar-refractivity contribution in [3.63, 3.8) is 0 Å². The lowest BCUT2D eigenvalue weighted by Crippen LogP contribution is -2.53. The quantitative estimate of drug-likeness (QED) is 0.835. The van der Waals surface area contributed by atoms with Crippen LogP contribution in [0.2, 0.25) is 5.02 Å². The van der Waals surface area contributed by atoms with E-state index >= 15 is 0 Å². The van der Waals surface area contributed by atoms with Crippen molar-refractivity contribution in [1.29, 1.82) is 0 Å². The second-order valence-corrected chi connectivity index (χ2v) is 7.92. The highest BCUT2D eigenvalue weighted by Crippen LogP contribution is 2.37. The van der Waals surface area contributed by atoms with E-state index in [1.54, 1.807) is 35.1 Å². The average molecular weight is 415 g/mol. The number of amides is 2. The first-order chi connectivity index (χ1) is 13.9. The lowest BCUT2D eigenvalue weighted by atomic mass is 10.0. The molecule has 0 atom stereocenters. The third kappa shape index (κ3) is 3.82. The van der Waals surface area contributed by atoms with E-state index in [4.69, 9.17) is 16.3 Å². The van der Waals surface area contributed by atoms with Gasteiger partial charge in [-0.3, -0.25) is 9.59 Å². The van der Waals surface area contributed by atoms with E-state index < -0.39 is 5.60 Å². The highest BCUT2D eigenvalue weighted by molar-refractivity contribution is 6.32. The highest BCUT2D eigenvalue weighted by atomic mass is 35.5. The molecule has 2 aliphatic rings. The van der Waals surface area contributed by atoms with Gasteiger partial charge in [-0.15, -0.1) is 0 Å². The SMILES string of the molecule is COc1c(Cl)cccc1-c1ccc(C(=O)N2CCN(C(=O)C3(O)CC3)CC2)cc1. The summed E-state index contributed by atoms with van der Waals surface area (Å²) in [6, 6.07) is 12.9. The van der Waals surface area contributed by atoms with Gasteiger partial charge in [0.2, 0.25) is 0 Å². The summed E-state index contributed by atoms with van der Waals surface area (Å²) in [5.41, 5.74) is 1.22. The Kier molecular flexibility index (Phi) is 5.23. The first-order valence-corrected chi connectivity index (χ1v) is 10.0. The standard InChI is InChI=1S/C22H23ClN2O4/c1-29-19-17(3-2-4-18(19)23)15-5-7-16(8-6-15)20(26)24-11-13-25(14-12-24)21(27)22(28)9-10-22/h2-8,28H,9-14H2,1H3. The Hall–Kier alpha value is -2.57. The van der Waals surface area contributed by atoms with Crippen LogP contribution < -0.4 is 4.74 Å². The minimum absolute atomic E-state index is 0.0631. The topological polar surface area (TPSA) is 70.1 Å². The fraction of sp³-hybridized carbons (Fsp3) is 0.364. The largest absolute Gasteiger partial charge is 0.495 e. The number of ether oxygens (including phenoxy) is 1. The maximum Gasteiger partial charge on any atom is 0.254 e. The van der Waals surface area contributed by atoms with Crippen LogP contribution in [0.15, 0.2) is 42.5 Å². The zero-order valence-corrected chi connectivity index (χ0v) is 17.0. The van der Waals surface area contributed by atoms with Crippen LogP contribution in [0, 0.1) is 0 Å². The number of halogens is 1. The molecule has 2 aromatic carbocycles. The van der Waals surface area contributed by atoms with Gasteiger partial charge >= 0.3 is 0 Å². The lowest BCUT2D eigenvalue weighted by molar-refractivity contribution is -0.143. The number of carbonyl (C=O) groups is 2. The molecule has 0 aromatic heterocycles. The van der Waals surface area contributed by atoms with Crippen molar-refractivity contribution in [2.45, 2.75) is 18.4 Å². The molecule has 1 N–H and O–H groups in total. The number of piperazine rings is 1. The second kappa shape index (κ2) is 7.69. The van der Waals surface area contributed by atoms with Gasteiger partial charge in [0.15, 0.2) is 0 Å². The van der Waals surface area contributed by atoms with Crippen LogP contribution in [-0.2, 0) is 4.79 Å². The Balaban J connectivity index is 1.43. The van der Waals surface area contributed by atoms with Crippen molar-refractivity contribution < 1.29 is 19.4 Å². The van der Waals surface area contributed by atoms with Crippen LogP contribution in [-0.4, -0.2) is 65.6 Å². The fourth-order valence-electron chi connectivity index (χ4n) is 3.66. The maximum atomic E-state index is 12.8. The molecular weight excluding hydrogens is 392 g/mol. The molecule has 29 heavy (non-hydrogen) atoms. The van der Waals surface area contributed by atoms with Crippen LogP contribution in [0.1, 0.15) is 23.2 Å². The predicted octanol–water partition coefficient (Wildman–Crippen LogP) is 2.82. The normalized spacial score (nSPS) is 17.8. The first kappa shape index (κ1) is 19.7.